The Morgan fingerprint density at radius 1 is 0.889 bits per heavy atom. The molecular formula is C17H28Sn. The average molecular weight is 351 g/mol. The fourth-order valence-electron chi connectivity index (χ4n) is 3.23. The summed E-state index contributed by atoms with van der Waals surface area (Å²) in [5, 5.41) is 0. The molecule has 18 heavy (non-hydrogen) atoms. The van der Waals surface area contributed by atoms with Crippen LogP contribution in [0.25, 0.3) is 0 Å². The molecule has 0 saturated carbocycles. The zero-order chi connectivity index (χ0) is 12.8. The molecule has 1 heterocycles. The van der Waals surface area contributed by atoms with Crippen LogP contribution in [0.1, 0.15) is 58.8 Å². The summed E-state index contributed by atoms with van der Waals surface area (Å²) in [6.45, 7) is 4.67. The first kappa shape index (κ1) is 14.4. The van der Waals surface area contributed by atoms with Crippen molar-refractivity contribution in [3.63, 3.8) is 0 Å². The van der Waals surface area contributed by atoms with Gasteiger partial charge in [0.25, 0.3) is 0 Å². The van der Waals surface area contributed by atoms with E-state index in [1.54, 1.807) is 20.0 Å². The molecule has 1 aliphatic heterocycles. The minimum atomic E-state index is -2.06. The van der Waals surface area contributed by atoms with Crippen LogP contribution < -0.4 is 0 Å². The standard InChI is InChI=1S/C9H10.2C4H9.Sn/c1-3-8-6-5-7-9(8)4-2;2*1-3-4-2;/h1-4H,5-7H2;2*1,3-4H2,2H3;. The van der Waals surface area contributed by atoms with E-state index in [0.29, 0.717) is 0 Å². The average Bonchev–Trinajstić information content (AvgIpc) is 2.78. The number of unbranched alkanes of at least 4 members (excludes halogenated alkanes) is 2. The Hall–Kier alpha value is 0.0187. The number of hydrogen-bond acceptors (Lipinski definition) is 0. The normalized spacial score (nSPS) is 21.2. The summed E-state index contributed by atoms with van der Waals surface area (Å²) in [6, 6.07) is 0. The van der Waals surface area contributed by atoms with Crippen molar-refractivity contribution in [3.8, 4) is 0 Å². The minimum absolute atomic E-state index is 1.33. The van der Waals surface area contributed by atoms with Crippen molar-refractivity contribution in [3.05, 3.63) is 31.5 Å². The fraction of sp³-hybridized carbons (Fsp3) is 0.647. The third-order valence-corrected chi connectivity index (χ3v) is 16.6. The summed E-state index contributed by atoms with van der Waals surface area (Å²) in [4.78, 5) is 0. The Labute approximate surface area is 117 Å². The molecule has 0 spiro atoms. The van der Waals surface area contributed by atoms with E-state index in [4.69, 9.17) is 0 Å². The maximum atomic E-state index is 2.74. The van der Waals surface area contributed by atoms with Gasteiger partial charge in [0.15, 0.2) is 0 Å². The van der Waals surface area contributed by atoms with Gasteiger partial charge in [-0.1, -0.05) is 0 Å². The van der Waals surface area contributed by atoms with Crippen molar-refractivity contribution in [1.82, 2.24) is 0 Å². The van der Waals surface area contributed by atoms with Crippen LogP contribution in [0.4, 0.5) is 0 Å². The van der Waals surface area contributed by atoms with Gasteiger partial charge in [0.1, 0.15) is 0 Å². The van der Waals surface area contributed by atoms with Gasteiger partial charge in [0.05, 0.1) is 0 Å². The summed E-state index contributed by atoms with van der Waals surface area (Å²) in [5.74, 6) is 0. The number of allylic oxidation sites excluding steroid dienone is 4. The quantitative estimate of drug-likeness (QED) is 0.537. The van der Waals surface area contributed by atoms with E-state index in [9.17, 15) is 0 Å². The van der Waals surface area contributed by atoms with Crippen LogP contribution >= 0.6 is 0 Å². The van der Waals surface area contributed by atoms with E-state index >= 15 is 0 Å². The van der Waals surface area contributed by atoms with Crippen molar-refractivity contribution in [2.75, 3.05) is 0 Å². The third kappa shape index (κ3) is 3.52. The summed E-state index contributed by atoms with van der Waals surface area (Å²) < 4.78 is 8.56. The Morgan fingerprint density at radius 3 is 1.83 bits per heavy atom. The summed E-state index contributed by atoms with van der Waals surface area (Å²) in [6.07, 6.45) is 14.7. The van der Waals surface area contributed by atoms with Gasteiger partial charge in [-0.3, -0.25) is 0 Å². The van der Waals surface area contributed by atoms with Crippen molar-refractivity contribution >= 4 is 18.4 Å². The Bertz CT molecular complexity index is 326. The van der Waals surface area contributed by atoms with Gasteiger partial charge >= 0.3 is 118 Å². The topological polar surface area (TPSA) is 0 Å². The first-order valence-electron chi connectivity index (χ1n) is 7.90. The van der Waals surface area contributed by atoms with Crippen LogP contribution in [-0.2, 0) is 0 Å². The van der Waals surface area contributed by atoms with Gasteiger partial charge in [-0.2, -0.15) is 0 Å². The predicted octanol–water partition coefficient (Wildman–Crippen LogP) is 5.72. The van der Waals surface area contributed by atoms with E-state index in [-0.39, 0.29) is 0 Å². The Kier molecular flexibility index (Phi) is 5.59. The first-order valence-corrected chi connectivity index (χ1v) is 15.2. The second-order valence-corrected chi connectivity index (χ2v) is 17.8. The molecule has 2 aliphatic rings. The van der Waals surface area contributed by atoms with Crippen LogP contribution in [0.2, 0.25) is 8.87 Å². The summed E-state index contributed by atoms with van der Waals surface area (Å²) in [7, 11) is 0. The molecule has 0 fully saturated rings. The molecule has 0 amide bonds. The van der Waals surface area contributed by atoms with Gasteiger partial charge in [-0.05, 0) is 0 Å². The molecule has 0 radical (unpaired) electrons. The molecule has 0 aromatic carbocycles. The Balaban J connectivity index is 2.13. The van der Waals surface area contributed by atoms with E-state index in [2.05, 4.69) is 34.2 Å². The molecule has 0 N–H and O–H groups in total. The van der Waals surface area contributed by atoms with Crippen LogP contribution in [0.15, 0.2) is 31.5 Å². The molecule has 100 valence electrons. The second kappa shape index (κ2) is 6.98. The molecule has 1 heteroatoms. The molecule has 0 unspecified atom stereocenters. The molecule has 0 aromatic rings. The van der Waals surface area contributed by atoms with E-state index in [0.717, 1.165) is 0 Å². The predicted molar refractivity (Wildman–Crippen MR) is 84.3 cm³/mol. The Morgan fingerprint density at radius 2 is 1.39 bits per heavy atom. The van der Waals surface area contributed by atoms with Crippen molar-refractivity contribution < 1.29 is 0 Å². The van der Waals surface area contributed by atoms with Crippen molar-refractivity contribution in [2.45, 2.75) is 67.7 Å². The third-order valence-electron chi connectivity index (χ3n) is 4.53. The van der Waals surface area contributed by atoms with Crippen LogP contribution in [0.5, 0.6) is 0 Å². The van der Waals surface area contributed by atoms with Gasteiger partial charge in [0.2, 0.25) is 0 Å². The van der Waals surface area contributed by atoms with Gasteiger partial charge in [-0.25, -0.2) is 0 Å². The molecule has 0 aromatic heterocycles. The van der Waals surface area contributed by atoms with Crippen molar-refractivity contribution in [1.29, 1.82) is 0 Å². The second-order valence-electron chi connectivity index (χ2n) is 6.01. The zero-order valence-corrected chi connectivity index (χ0v) is 15.0. The van der Waals surface area contributed by atoms with Crippen molar-refractivity contribution in [2.24, 2.45) is 0 Å². The molecule has 0 nitrogen and oxygen atoms in total. The van der Waals surface area contributed by atoms with Gasteiger partial charge in [-0.15, -0.1) is 0 Å². The molecule has 0 saturated heterocycles. The maximum absolute atomic E-state index is 2.74. The van der Waals surface area contributed by atoms with Gasteiger partial charge in [0, 0.05) is 0 Å². The van der Waals surface area contributed by atoms with Crippen LogP contribution in [0.3, 0.4) is 0 Å². The molecule has 0 bridgehead atoms. The van der Waals surface area contributed by atoms with E-state index in [1.807, 2.05) is 0 Å². The zero-order valence-electron chi connectivity index (χ0n) is 12.2. The SMILES string of the molecule is CCC[CH2][Sn]1([CH2]CCC)[CH]=CC2=C(C=[CH]1)CCC2. The fourth-order valence-corrected chi connectivity index (χ4v) is 15.0. The molecule has 1 aliphatic carbocycles. The first-order chi connectivity index (χ1) is 8.79. The molecule has 2 rings (SSSR count). The van der Waals surface area contributed by atoms with Crippen LogP contribution in [0, 0.1) is 0 Å². The number of hydrogen-bond donors (Lipinski definition) is 0. The van der Waals surface area contributed by atoms with E-state index in [1.165, 1.54) is 44.9 Å². The molecule has 0 atom stereocenters. The number of rotatable bonds is 6. The summed E-state index contributed by atoms with van der Waals surface area (Å²) >= 11 is -2.06. The summed E-state index contributed by atoms with van der Waals surface area (Å²) in [5.41, 5.74) is 3.33. The van der Waals surface area contributed by atoms with Crippen LogP contribution in [-0.4, -0.2) is 18.4 Å². The molecular weight excluding hydrogens is 323 g/mol. The van der Waals surface area contributed by atoms with Gasteiger partial charge < -0.3 is 0 Å². The monoisotopic (exact) mass is 352 g/mol. The van der Waals surface area contributed by atoms with E-state index < -0.39 is 18.4 Å².